The summed E-state index contributed by atoms with van der Waals surface area (Å²) < 4.78 is 30.8. The van der Waals surface area contributed by atoms with Crippen molar-refractivity contribution in [2.75, 3.05) is 31.5 Å². The molecule has 0 radical (unpaired) electrons. The standard InChI is InChI=1S/C27H29F2N9O2/c1-17(39)35-9-5-19(6-10-35)36-13-20(14-36)37-15-23(24(34-37)25(28)29)33-26(40)22-4-2-3-21(32-22)18-11-31-38(12-18)27(16-30)7-8-27/h2-4,11-12,15,19-20,25H,5-10,13-14H2,1H3,(H,33,40). The van der Waals surface area contributed by atoms with Gasteiger partial charge >= 0.3 is 0 Å². The number of halogens is 2. The third-order valence-electron chi connectivity index (χ3n) is 8.14. The summed E-state index contributed by atoms with van der Waals surface area (Å²) in [5.74, 6) is -0.537. The van der Waals surface area contributed by atoms with E-state index in [1.54, 1.807) is 36.1 Å². The highest BCUT2D eigenvalue weighted by atomic mass is 19.3. The number of nitrogens with zero attached hydrogens (tertiary/aromatic N) is 8. The van der Waals surface area contributed by atoms with Crippen molar-refractivity contribution in [1.29, 1.82) is 5.26 Å². The number of carbonyl (C=O) groups is 2. The molecule has 3 fully saturated rings. The maximum Gasteiger partial charge on any atom is 0.284 e. The Morgan fingerprint density at radius 2 is 1.90 bits per heavy atom. The zero-order chi connectivity index (χ0) is 28.0. The molecule has 1 N–H and O–H groups in total. The SMILES string of the molecule is CC(=O)N1CCC(N2CC(n3cc(NC(=O)c4cccc(-c5cnn(C6(C#N)CC6)c5)n4)c(C(F)F)n3)C2)CC1. The summed E-state index contributed by atoms with van der Waals surface area (Å²) in [6.45, 7) is 4.39. The van der Waals surface area contributed by atoms with E-state index in [9.17, 15) is 23.6 Å². The molecular formula is C27H29F2N9O2. The first-order valence-electron chi connectivity index (χ1n) is 13.4. The maximum absolute atomic E-state index is 13.8. The predicted molar refractivity (Wildman–Crippen MR) is 139 cm³/mol. The highest BCUT2D eigenvalue weighted by molar-refractivity contribution is 6.03. The number of nitriles is 1. The second-order valence-electron chi connectivity index (χ2n) is 10.7. The number of anilines is 1. The van der Waals surface area contributed by atoms with Crippen molar-refractivity contribution in [3.8, 4) is 17.3 Å². The zero-order valence-corrected chi connectivity index (χ0v) is 22.0. The van der Waals surface area contributed by atoms with E-state index in [0.717, 1.165) is 38.8 Å². The van der Waals surface area contributed by atoms with Crippen LogP contribution in [0.25, 0.3) is 11.3 Å². The molecule has 6 rings (SSSR count). The Labute approximate surface area is 229 Å². The number of pyridine rings is 1. The van der Waals surface area contributed by atoms with E-state index in [4.69, 9.17) is 0 Å². The minimum atomic E-state index is -2.86. The van der Waals surface area contributed by atoms with Crippen LogP contribution in [0.15, 0.2) is 36.8 Å². The summed E-state index contributed by atoms with van der Waals surface area (Å²) in [7, 11) is 0. The highest BCUT2D eigenvalue weighted by Gasteiger charge is 2.46. The molecule has 13 heteroatoms. The van der Waals surface area contributed by atoms with Crippen molar-refractivity contribution in [3.05, 3.63) is 48.2 Å². The number of hydrogen-bond donors (Lipinski definition) is 1. The molecule has 3 aliphatic rings. The molecule has 0 spiro atoms. The number of likely N-dealkylation sites (tertiary alicyclic amines) is 2. The summed E-state index contributed by atoms with van der Waals surface area (Å²) in [5, 5.41) is 20.4. The van der Waals surface area contributed by atoms with E-state index in [0.29, 0.717) is 30.4 Å². The van der Waals surface area contributed by atoms with Gasteiger partial charge in [0.2, 0.25) is 5.91 Å². The average Bonchev–Trinajstić information content (AvgIpc) is 3.36. The molecule has 3 aromatic rings. The molecule has 0 atom stereocenters. The van der Waals surface area contributed by atoms with Crippen LogP contribution < -0.4 is 5.32 Å². The van der Waals surface area contributed by atoms with Crippen LogP contribution in [0.2, 0.25) is 0 Å². The number of nitrogens with one attached hydrogen (secondary N) is 1. The van der Waals surface area contributed by atoms with Crippen LogP contribution in [0.3, 0.4) is 0 Å². The number of rotatable bonds is 7. The molecule has 40 heavy (non-hydrogen) atoms. The number of carbonyl (C=O) groups excluding carboxylic acids is 2. The Morgan fingerprint density at radius 1 is 1.15 bits per heavy atom. The molecule has 0 bridgehead atoms. The summed E-state index contributed by atoms with van der Waals surface area (Å²) in [6.07, 6.45) is 5.18. The minimum Gasteiger partial charge on any atom is -0.343 e. The van der Waals surface area contributed by atoms with Gasteiger partial charge in [-0.3, -0.25) is 23.9 Å². The molecule has 2 amide bonds. The lowest BCUT2D eigenvalue weighted by Gasteiger charge is -2.47. The van der Waals surface area contributed by atoms with E-state index >= 15 is 0 Å². The van der Waals surface area contributed by atoms with Crippen LogP contribution in [0.5, 0.6) is 0 Å². The average molecular weight is 550 g/mol. The van der Waals surface area contributed by atoms with Crippen LogP contribution in [-0.2, 0) is 10.3 Å². The molecule has 208 valence electrons. The van der Waals surface area contributed by atoms with Gasteiger partial charge in [0.15, 0.2) is 5.69 Å². The number of alkyl halides is 2. The fourth-order valence-electron chi connectivity index (χ4n) is 5.46. The number of amides is 2. The van der Waals surface area contributed by atoms with Crippen LogP contribution in [0.1, 0.15) is 61.3 Å². The van der Waals surface area contributed by atoms with Crippen LogP contribution in [0.4, 0.5) is 14.5 Å². The Bertz CT molecular complexity index is 1470. The molecule has 2 saturated heterocycles. The molecule has 11 nitrogen and oxygen atoms in total. The van der Waals surface area contributed by atoms with Gasteiger partial charge < -0.3 is 10.2 Å². The van der Waals surface area contributed by atoms with Crippen LogP contribution in [-0.4, -0.2) is 78.4 Å². The van der Waals surface area contributed by atoms with Crippen molar-refractivity contribution in [2.24, 2.45) is 0 Å². The fourth-order valence-corrected chi connectivity index (χ4v) is 5.46. The number of hydrogen-bond acceptors (Lipinski definition) is 7. The van der Waals surface area contributed by atoms with E-state index in [2.05, 4.69) is 31.5 Å². The predicted octanol–water partition coefficient (Wildman–Crippen LogP) is 3.21. The van der Waals surface area contributed by atoms with Crippen molar-refractivity contribution < 1.29 is 18.4 Å². The maximum atomic E-state index is 13.8. The highest BCUT2D eigenvalue weighted by Crippen LogP contribution is 2.42. The molecule has 1 aliphatic carbocycles. The first-order chi connectivity index (χ1) is 19.3. The third-order valence-corrected chi connectivity index (χ3v) is 8.14. The van der Waals surface area contributed by atoms with Gasteiger partial charge in [0.05, 0.1) is 29.7 Å². The van der Waals surface area contributed by atoms with Gasteiger partial charge in [-0.1, -0.05) is 6.07 Å². The van der Waals surface area contributed by atoms with E-state index < -0.39 is 23.6 Å². The lowest BCUT2D eigenvalue weighted by atomic mass is 9.97. The quantitative estimate of drug-likeness (QED) is 0.480. The van der Waals surface area contributed by atoms with Crippen molar-refractivity contribution in [2.45, 2.75) is 56.7 Å². The largest absolute Gasteiger partial charge is 0.343 e. The summed E-state index contributed by atoms with van der Waals surface area (Å²) in [5.41, 5.74) is 0.0679. The Hall–Kier alpha value is -4.18. The third kappa shape index (κ3) is 4.83. The van der Waals surface area contributed by atoms with Crippen molar-refractivity contribution in [3.63, 3.8) is 0 Å². The van der Waals surface area contributed by atoms with E-state index in [1.165, 1.54) is 16.9 Å². The molecular weight excluding hydrogens is 520 g/mol. The van der Waals surface area contributed by atoms with Gasteiger partial charge in [0, 0.05) is 57.1 Å². The van der Waals surface area contributed by atoms with E-state index in [-0.39, 0.29) is 23.3 Å². The summed E-state index contributed by atoms with van der Waals surface area (Å²) in [6, 6.07) is 7.45. The Kier molecular flexibility index (Phi) is 6.58. The van der Waals surface area contributed by atoms with Gasteiger partial charge in [-0.2, -0.15) is 15.5 Å². The summed E-state index contributed by atoms with van der Waals surface area (Å²) in [4.78, 5) is 33.2. The van der Waals surface area contributed by atoms with Gasteiger partial charge in [-0.05, 0) is 37.8 Å². The summed E-state index contributed by atoms with van der Waals surface area (Å²) >= 11 is 0. The van der Waals surface area contributed by atoms with Crippen molar-refractivity contribution >= 4 is 17.5 Å². The lowest BCUT2D eigenvalue weighted by molar-refractivity contribution is -0.130. The molecule has 3 aromatic heterocycles. The van der Waals surface area contributed by atoms with Crippen LogP contribution >= 0.6 is 0 Å². The zero-order valence-electron chi connectivity index (χ0n) is 22.0. The smallest absolute Gasteiger partial charge is 0.284 e. The van der Waals surface area contributed by atoms with Crippen LogP contribution in [0, 0.1) is 11.3 Å². The number of piperidine rings is 1. The van der Waals surface area contributed by atoms with E-state index in [1.807, 2.05) is 4.90 Å². The Morgan fingerprint density at radius 3 is 2.55 bits per heavy atom. The second kappa shape index (κ2) is 10.1. The fraction of sp³-hybridized carbons (Fsp3) is 0.481. The molecule has 5 heterocycles. The second-order valence-corrected chi connectivity index (χ2v) is 10.7. The molecule has 1 saturated carbocycles. The van der Waals surface area contributed by atoms with Gasteiger partial charge in [0.1, 0.15) is 11.2 Å². The van der Waals surface area contributed by atoms with Crippen molar-refractivity contribution in [1.82, 2.24) is 34.3 Å². The first kappa shape index (κ1) is 26.1. The lowest BCUT2D eigenvalue weighted by Crippen LogP contribution is -2.56. The molecule has 2 aliphatic heterocycles. The topological polar surface area (TPSA) is 125 Å². The van der Waals surface area contributed by atoms with Gasteiger partial charge in [-0.15, -0.1) is 0 Å². The minimum absolute atomic E-state index is 0.0436. The molecule has 0 aromatic carbocycles. The monoisotopic (exact) mass is 549 g/mol. The van der Waals surface area contributed by atoms with Gasteiger partial charge in [-0.25, -0.2) is 13.8 Å². The first-order valence-corrected chi connectivity index (χ1v) is 13.4. The number of aromatic nitrogens is 5. The molecule has 0 unspecified atom stereocenters. The Balaban J connectivity index is 1.12. The van der Waals surface area contributed by atoms with Gasteiger partial charge in [0.25, 0.3) is 12.3 Å². The normalized spacial score (nSPS) is 19.3.